The van der Waals surface area contributed by atoms with Crippen molar-refractivity contribution in [2.75, 3.05) is 5.75 Å². The Balaban J connectivity index is 1.87. The van der Waals surface area contributed by atoms with Gasteiger partial charge in [0.05, 0.1) is 0 Å². The first-order chi connectivity index (χ1) is 12.1. The van der Waals surface area contributed by atoms with Crippen molar-refractivity contribution >= 4 is 46.9 Å². The van der Waals surface area contributed by atoms with Gasteiger partial charge in [0, 0.05) is 20.0 Å². The molecule has 2 N–H and O–H groups in total. The molecule has 2 aromatic carbocycles. The Kier molecular flexibility index (Phi) is 7.72. The molecule has 2 aromatic rings. The smallest absolute Gasteiger partial charge is 0.320 e. The van der Waals surface area contributed by atoms with Crippen LogP contribution in [0.3, 0.4) is 0 Å². The molecule has 0 saturated carbocycles. The molecule has 9 heteroatoms. The third kappa shape index (κ3) is 5.78. The van der Waals surface area contributed by atoms with Gasteiger partial charge in [-0.2, -0.15) is 8.78 Å². The third-order valence-corrected chi connectivity index (χ3v) is 6.59. The fourth-order valence-electron chi connectivity index (χ4n) is 2.29. The number of aryl methyl sites for hydroxylation is 1. The van der Waals surface area contributed by atoms with Crippen molar-refractivity contribution in [1.82, 2.24) is 0 Å². The molecule has 0 fully saturated rings. The molecule has 0 aliphatic carbocycles. The number of thioether (sulfide) groups is 1. The molecule has 0 heterocycles. The number of halogens is 4. The van der Waals surface area contributed by atoms with Crippen LogP contribution < -0.4 is 0 Å². The van der Waals surface area contributed by atoms with Gasteiger partial charge in [-0.3, -0.25) is 4.57 Å². The zero-order valence-electron chi connectivity index (χ0n) is 13.5. The molecule has 0 aliphatic rings. The fourth-order valence-corrected chi connectivity index (χ4v) is 4.85. The average molecular weight is 486 g/mol. The molecule has 0 unspecified atom stereocenters. The highest BCUT2D eigenvalue weighted by molar-refractivity contribution is 9.10. The molecule has 26 heavy (non-hydrogen) atoms. The molecule has 0 radical (unpaired) electrons. The molecule has 2 rings (SSSR count). The summed E-state index contributed by atoms with van der Waals surface area (Å²) >= 11 is 10.6. The summed E-state index contributed by atoms with van der Waals surface area (Å²) < 4.78 is 38.6. The van der Waals surface area contributed by atoms with Crippen molar-refractivity contribution in [3.63, 3.8) is 0 Å². The molecule has 0 aromatic heterocycles. The van der Waals surface area contributed by atoms with Crippen LogP contribution in [0, 0.1) is 0 Å². The van der Waals surface area contributed by atoms with E-state index in [1.54, 1.807) is 11.8 Å². The predicted octanol–water partition coefficient (Wildman–Crippen LogP) is 6.44. The Hall–Kier alpha value is -0.430. The number of alkyl halides is 2. The van der Waals surface area contributed by atoms with Crippen LogP contribution in [0.5, 0.6) is 0 Å². The topological polar surface area (TPSA) is 57.5 Å². The van der Waals surface area contributed by atoms with E-state index in [-0.39, 0.29) is 4.47 Å². The van der Waals surface area contributed by atoms with E-state index in [4.69, 9.17) is 21.4 Å². The van der Waals surface area contributed by atoms with E-state index in [0.717, 1.165) is 35.1 Å². The predicted molar refractivity (Wildman–Crippen MR) is 105 cm³/mol. The van der Waals surface area contributed by atoms with Crippen molar-refractivity contribution in [3.05, 3.63) is 63.1 Å². The largest absolute Gasteiger partial charge is 0.399 e. The number of benzene rings is 2. The minimum Gasteiger partial charge on any atom is -0.320 e. The number of hydrogen-bond acceptors (Lipinski definition) is 2. The van der Waals surface area contributed by atoms with Gasteiger partial charge in [0.15, 0.2) is 0 Å². The summed E-state index contributed by atoms with van der Waals surface area (Å²) in [7, 11) is -5.57. The van der Waals surface area contributed by atoms with Gasteiger partial charge in [0.25, 0.3) is 0 Å². The van der Waals surface area contributed by atoms with Gasteiger partial charge in [0.1, 0.15) is 0 Å². The molecule has 0 saturated heterocycles. The highest BCUT2D eigenvalue weighted by Crippen LogP contribution is 2.60. The summed E-state index contributed by atoms with van der Waals surface area (Å²) in [5.74, 6) is 0.913. The number of hydrogen-bond donors (Lipinski definition) is 2. The Labute approximate surface area is 168 Å². The van der Waals surface area contributed by atoms with Crippen molar-refractivity contribution in [2.24, 2.45) is 0 Å². The van der Waals surface area contributed by atoms with Crippen LogP contribution >= 0.6 is 46.9 Å². The summed E-state index contributed by atoms with van der Waals surface area (Å²) in [6, 6.07) is 11.7. The minimum absolute atomic E-state index is 0.00312. The summed E-state index contributed by atoms with van der Waals surface area (Å²) in [4.78, 5) is 18.8. The molecule has 0 atom stereocenters. The van der Waals surface area contributed by atoms with Gasteiger partial charge >= 0.3 is 13.3 Å². The van der Waals surface area contributed by atoms with Crippen LogP contribution in [-0.2, 0) is 16.6 Å². The van der Waals surface area contributed by atoms with E-state index in [9.17, 15) is 13.3 Å². The van der Waals surface area contributed by atoms with E-state index in [0.29, 0.717) is 11.4 Å². The lowest BCUT2D eigenvalue weighted by Gasteiger charge is -2.19. The second-order valence-electron chi connectivity index (χ2n) is 5.66. The molecule has 142 valence electrons. The van der Waals surface area contributed by atoms with Crippen LogP contribution in [0.4, 0.5) is 8.78 Å². The maximum Gasteiger partial charge on any atom is 0.399 e. The van der Waals surface area contributed by atoms with Gasteiger partial charge in [0.2, 0.25) is 0 Å². The maximum atomic E-state index is 13.8. The van der Waals surface area contributed by atoms with Crippen LogP contribution in [0.25, 0.3) is 0 Å². The Morgan fingerprint density at radius 2 is 1.88 bits per heavy atom. The molecule has 3 nitrogen and oxygen atoms in total. The first-order valence-corrected chi connectivity index (χ1v) is 11.5. The summed E-state index contributed by atoms with van der Waals surface area (Å²) in [5, 5.41) is 0.701. The number of unbranched alkanes of at least 4 members (excludes halogenated alkanes) is 1. The highest BCUT2D eigenvalue weighted by Gasteiger charge is 2.51. The lowest BCUT2D eigenvalue weighted by Crippen LogP contribution is -2.14. The highest BCUT2D eigenvalue weighted by atomic mass is 79.9. The summed E-state index contributed by atoms with van der Waals surface area (Å²) in [6.07, 6.45) is 2.50. The van der Waals surface area contributed by atoms with Crippen molar-refractivity contribution in [2.45, 2.75) is 29.8 Å². The molecular weight excluding hydrogens is 469 g/mol. The van der Waals surface area contributed by atoms with Crippen LogP contribution in [0.1, 0.15) is 24.0 Å². The van der Waals surface area contributed by atoms with Gasteiger partial charge in [-0.25, -0.2) is 0 Å². The lowest BCUT2D eigenvalue weighted by atomic mass is 10.1. The van der Waals surface area contributed by atoms with Crippen LogP contribution in [0.15, 0.2) is 51.8 Å². The Bertz CT molecular complexity index is 816. The quantitative estimate of drug-likeness (QED) is 0.256. The van der Waals surface area contributed by atoms with Gasteiger partial charge < -0.3 is 9.79 Å². The van der Waals surface area contributed by atoms with Gasteiger partial charge in [-0.15, -0.1) is 11.8 Å². The zero-order valence-corrected chi connectivity index (χ0v) is 17.6. The first-order valence-electron chi connectivity index (χ1n) is 7.72. The normalized spacial score (nSPS) is 12.4. The van der Waals surface area contributed by atoms with Crippen LogP contribution in [0.2, 0.25) is 5.02 Å². The maximum absolute atomic E-state index is 13.8. The van der Waals surface area contributed by atoms with Crippen LogP contribution in [-0.4, -0.2) is 15.5 Å². The van der Waals surface area contributed by atoms with E-state index in [2.05, 4.69) is 15.9 Å². The molecule has 0 bridgehead atoms. The number of rotatable bonds is 8. The van der Waals surface area contributed by atoms with Crippen molar-refractivity contribution in [1.29, 1.82) is 0 Å². The Morgan fingerprint density at radius 1 is 1.15 bits per heavy atom. The average Bonchev–Trinajstić information content (AvgIpc) is 2.53. The first kappa shape index (κ1) is 21.9. The third-order valence-electron chi connectivity index (χ3n) is 3.65. The van der Waals surface area contributed by atoms with Gasteiger partial charge in [-0.05, 0) is 54.8 Å². The molecule has 0 amide bonds. The molecular formula is C17H17BrClF2O3PS. The van der Waals surface area contributed by atoms with E-state index in [1.807, 2.05) is 24.3 Å². The standard InChI is InChI=1S/C17H17BrClF2O3PS/c18-16-10-12(7-8-15(16)17(20,21)25(22,23)24)4-1-2-9-26-14-6-3-5-13(19)11-14/h3,5-8,10-11H,1-2,4,9H2,(H2,22,23,24). The molecule has 0 spiro atoms. The zero-order chi connectivity index (χ0) is 19.4. The van der Waals surface area contributed by atoms with E-state index < -0.39 is 18.8 Å². The van der Waals surface area contributed by atoms with E-state index in [1.165, 1.54) is 12.1 Å². The lowest BCUT2D eigenvalue weighted by molar-refractivity contribution is 0.0557. The van der Waals surface area contributed by atoms with Gasteiger partial charge in [-0.1, -0.05) is 45.7 Å². The van der Waals surface area contributed by atoms with Crippen molar-refractivity contribution < 1.29 is 23.1 Å². The SMILES string of the molecule is O=P(O)(O)C(F)(F)c1ccc(CCCCSc2cccc(Cl)c2)cc1Br. The van der Waals surface area contributed by atoms with E-state index >= 15 is 0 Å². The second-order valence-corrected chi connectivity index (χ2v) is 9.77. The summed E-state index contributed by atoms with van der Waals surface area (Å²) in [5.41, 5.74) is -4.08. The minimum atomic E-state index is -5.57. The second kappa shape index (κ2) is 9.18. The Morgan fingerprint density at radius 3 is 2.50 bits per heavy atom. The summed E-state index contributed by atoms with van der Waals surface area (Å²) in [6.45, 7) is 0. The monoisotopic (exact) mass is 484 g/mol. The fraction of sp³-hybridized carbons (Fsp3) is 0.294. The molecule has 0 aliphatic heterocycles. The van der Waals surface area contributed by atoms with Crippen molar-refractivity contribution in [3.8, 4) is 0 Å².